The Morgan fingerprint density at radius 2 is 1.28 bits per heavy atom. The van der Waals surface area contributed by atoms with E-state index in [0.29, 0.717) is 92.1 Å². The van der Waals surface area contributed by atoms with Crippen LogP contribution in [0, 0.1) is 0 Å². The first-order valence-electron chi connectivity index (χ1n) is 22.5. The Morgan fingerprint density at radius 1 is 0.638 bits per heavy atom. The number of hydrogen-bond acceptors (Lipinski definition) is 12. The van der Waals surface area contributed by atoms with Gasteiger partial charge in [-0.15, -0.1) is 0 Å². The monoisotopic (exact) mass is 978 g/mol. The van der Waals surface area contributed by atoms with Gasteiger partial charge in [-0.2, -0.15) is 0 Å². The molecule has 3 atom stereocenters. The summed E-state index contributed by atoms with van der Waals surface area (Å²) in [6, 6.07) is 9.17. The molecule has 0 spiro atoms. The first-order valence-corrected chi connectivity index (χ1v) is 22.9. The molecule has 0 bridgehead atoms. The molecule has 4 rings (SSSR count). The zero-order chi connectivity index (χ0) is 50.5. The third-order valence-corrected chi connectivity index (χ3v) is 11.2. The van der Waals surface area contributed by atoms with E-state index in [0.717, 1.165) is 0 Å². The van der Waals surface area contributed by atoms with Crippen molar-refractivity contribution in [1.29, 1.82) is 0 Å². The molecule has 1 unspecified atom stereocenters. The van der Waals surface area contributed by atoms with Gasteiger partial charge in [0.2, 0.25) is 11.8 Å². The highest BCUT2D eigenvalue weighted by molar-refractivity contribution is 7.80. The molecule has 0 saturated carbocycles. The van der Waals surface area contributed by atoms with Crippen LogP contribution in [0.1, 0.15) is 100 Å². The van der Waals surface area contributed by atoms with Gasteiger partial charge in [0.05, 0.1) is 18.2 Å². The molecule has 2 aromatic carbocycles. The van der Waals surface area contributed by atoms with Crippen molar-refractivity contribution < 1.29 is 68.6 Å². The molecule has 12 N–H and O–H groups in total. The third kappa shape index (κ3) is 18.0. The first-order chi connectivity index (χ1) is 32.9. The number of carboxylic acid groups (broad SMARTS) is 4. The largest absolute Gasteiger partial charge is 0.508 e. The second kappa shape index (κ2) is 27.5. The van der Waals surface area contributed by atoms with Gasteiger partial charge in [0.15, 0.2) is 10.5 Å². The number of fused-ring (bicyclic) bond motifs is 2. The van der Waals surface area contributed by atoms with Gasteiger partial charge in [-0.1, -0.05) is 18.9 Å². The van der Waals surface area contributed by atoms with E-state index in [-0.39, 0.29) is 83.8 Å². The average Bonchev–Trinajstić information content (AvgIpc) is 3.29. The van der Waals surface area contributed by atoms with E-state index < -0.39 is 54.5 Å². The molecule has 1 aliphatic heterocycles. The van der Waals surface area contributed by atoms with Crippen LogP contribution in [0.3, 0.4) is 0 Å². The van der Waals surface area contributed by atoms with Crippen LogP contribution in [-0.4, -0.2) is 115 Å². The van der Waals surface area contributed by atoms with Crippen LogP contribution in [0.5, 0.6) is 5.75 Å². The molecule has 1 heterocycles. The molecule has 2 aliphatic rings. The fraction of sp³-hybridized carbons (Fsp3) is 0.426. The van der Waals surface area contributed by atoms with E-state index in [4.69, 9.17) is 21.7 Å². The van der Waals surface area contributed by atoms with Crippen molar-refractivity contribution in [3.05, 3.63) is 70.4 Å². The van der Waals surface area contributed by atoms with E-state index in [2.05, 4.69) is 31.9 Å². The van der Waals surface area contributed by atoms with Crippen molar-refractivity contribution in [2.75, 3.05) is 25.0 Å². The second-order valence-electron chi connectivity index (χ2n) is 16.3. The van der Waals surface area contributed by atoms with Gasteiger partial charge in [-0.05, 0) is 112 Å². The maximum absolute atomic E-state index is 12.6. The quantitative estimate of drug-likeness (QED) is 0.0201. The summed E-state index contributed by atoms with van der Waals surface area (Å²) >= 11 is 5.45. The van der Waals surface area contributed by atoms with Crippen LogP contribution in [0.2, 0.25) is 0 Å². The highest BCUT2D eigenvalue weighted by atomic mass is 32.1. The molecule has 22 heteroatoms. The number of anilines is 1. The number of rotatable bonds is 29. The number of phenolic OH excluding ortho intramolecular Hbond substituents is 1. The number of phenols is 1. The maximum atomic E-state index is 12.6. The topological polar surface area (TPSA) is 343 Å². The van der Waals surface area contributed by atoms with Crippen LogP contribution in [0.4, 0.5) is 10.5 Å². The fourth-order valence-electron chi connectivity index (χ4n) is 7.42. The van der Waals surface area contributed by atoms with Gasteiger partial charge in [0, 0.05) is 66.7 Å². The summed E-state index contributed by atoms with van der Waals surface area (Å²) < 4.78 is 5.89. The molecule has 21 nitrogen and oxygen atoms in total. The van der Waals surface area contributed by atoms with Gasteiger partial charge < -0.3 is 67.0 Å². The number of carbonyl (C=O) groups is 7. The Morgan fingerprint density at radius 3 is 1.93 bits per heavy atom. The Kier molecular flexibility index (Phi) is 21.6. The molecule has 2 aromatic rings. The van der Waals surface area contributed by atoms with Crippen molar-refractivity contribution in [1.82, 2.24) is 26.6 Å². The number of aromatic hydroxyl groups is 1. The number of aliphatic hydroxyl groups is 1. The maximum Gasteiger partial charge on any atom is 0.336 e. The lowest BCUT2D eigenvalue weighted by Gasteiger charge is -2.18. The number of aliphatic carboxylic acids is 3. The smallest absolute Gasteiger partial charge is 0.336 e. The lowest BCUT2D eigenvalue weighted by atomic mass is 9.90. The molecule has 0 aromatic heterocycles. The summed E-state index contributed by atoms with van der Waals surface area (Å²) in [6.45, 7) is 0.508. The third-order valence-electron chi connectivity index (χ3n) is 11.0. The van der Waals surface area contributed by atoms with Crippen LogP contribution in [0.25, 0.3) is 33.4 Å². The predicted octanol–water partition coefficient (Wildman–Crippen LogP) is 4.60. The van der Waals surface area contributed by atoms with Crippen molar-refractivity contribution in [3.63, 3.8) is 0 Å². The minimum atomic E-state index is -1.51. The summed E-state index contributed by atoms with van der Waals surface area (Å²) in [6.07, 6.45) is 4.85. The molecular formula is C47H58N6O15S. The number of benzene rings is 3. The van der Waals surface area contributed by atoms with Crippen molar-refractivity contribution >= 4 is 75.7 Å². The Bertz CT molecular complexity index is 2500. The molecule has 69 heavy (non-hydrogen) atoms. The van der Waals surface area contributed by atoms with Crippen LogP contribution in [0.15, 0.2) is 63.8 Å². The highest BCUT2D eigenvalue weighted by Gasteiger charge is 2.26. The van der Waals surface area contributed by atoms with Gasteiger partial charge in [-0.25, -0.2) is 19.2 Å². The standard InChI is InChI=1S/C47H58N6O15S/c54-26-28(50-40(58)12-4-2-1-3-11-39(57)48-21-8-6-10-35(44(63)64)52-46(67)53-36(45(65)66)19-20-41(59)60)9-5-7-22-49-47(69)51-27-13-16-31(34(23-27)43(61)62)42-32-17-14-29(55)24-37(32)68-38-25-30(56)15-18-33(38)42/h13-18,23-25,28,35-36,54-55H,1-12,19-22,26H2,(H,48,57)(H,50,58)(H,59,60)(H,61,62)(H,63,64)(H,65,66)(H2,49,51,69)(H2,52,53,67)/t28?,35-,36-/m0/s1. The Hall–Kier alpha value is -7.33. The normalized spacial score (nSPS) is 12.3. The van der Waals surface area contributed by atoms with Crippen LogP contribution in [-0.2, 0) is 24.0 Å². The van der Waals surface area contributed by atoms with Gasteiger partial charge in [-0.3, -0.25) is 19.2 Å². The van der Waals surface area contributed by atoms with E-state index in [1.807, 2.05) is 0 Å². The Labute approximate surface area is 401 Å². The lowest BCUT2D eigenvalue weighted by molar-refractivity contribution is -0.141. The van der Waals surface area contributed by atoms with E-state index in [1.54, 1.807) is 24.3 Å². The SMILES string of the molecule is O=C(O)CC[C@H](NC(=O)N[C@@H](CCCCNC(=O)CCCCCCC(=O)NC(CO)CCCCNC(=S)Nc1ccc(-c2c3ccc(=O)cc-3oc3cc(O)ccc23)c(C(=O)O)c1)C(=O)O)C(=O)O. The molecule has 0 fully saturated rings. The zero-order valence-corrected chi connectivity index (χ0v) is 38.5. The van der Waals surface area contributed by atoms with Crippen molar-refractivity contribution in [2.24, 2.45) is 0 Å². The fourth-order valence-corrected chi connectivity index (χ4v) is 7.64. The molecule has 1 aliphatic carbocycles. The average molecular weight is 979 g/mol. The molecule has 0 radical (unpaired) electrons. The first kappa shape index (κ1) is 54.3. The number of carboxylic acids is 4. The number of urea groups is 1. The number of aromatic carboxylic acids is 1. The minimum absolute atomic E-state index is 0.0101. The highest BCUT2D eigenvalue weighted by Crippen LogP contribution is 2.42. The molecule has 4 amide bonds. The number of carbonyl (C=O) groups excluding carboxylic acids is 3. The molecular weight excluding hydrogens is 921 g/mol. The van der Waals surface area contributed by atoms with Crippen LogP contribution >= 0.6 is 12.2 Å². The van der Waals surface area contributed by atoms with Crippen molar-refractivity contribution in [3.8, 4) is 28.2 Å². The summed E-state index contributed by atoms with van der Waals surface area (Å²) in [5, 5.41) is 74.3. The van der Waals surface area contributed by atoms with Crippen LogP contribution < -0.4 is 37.3 Å². The second-order valence-corrected chi connectivity index (χ2v) is 16.7. The van der Waals surface area contributed by atoms with Gasteiger partial charge in [0.1, 0.15) is 29.2 Å². The zero-order valence-electron chi connectivity index (χ0n) is 37.7. The molecule has 372 valence electrons. The number of unbranched alkanes of at least 4 members (excludes halogenated alkanes) is 5. The van der Waals surface area contributed by atoms with E-state index in [9.17, 15) is 63.9 Å². The van der Waals surface area contributed by atoms with Gasteiger partial charge >= 0.3 is 29.9 Å². The Balaban J connectivity index is 1.08. The van der Waals surface area contributed by atoms with Gasteiger partial charge in [0.25, 0.3) is 0 Å². The number of hydrogen-bond donors (Lipinski definition) is 12. The summed E-state index contributed by atoms with van der Waals surface area (Å²) in [4.78, 5) is 95.2. The molecule has 0 saturated heterocycles. The number of aliphatic hydroxyl groups excluding tert-OH is 1. The van der Waals surface area contributed by atoms with E-state index in [1.165, 1.54) is 30.3 Å². The van der Waals surface area contributed by atoms with E-state index >= 15 is 0 Å². The number of amides is 4. The predicted molar refractivity (Wildman–Crippen MR) is 256 cm³/mol. The summed E-state index contributed by atoms with van der Waals surface area (Å²) in [5.74, 6) is -5.44. The lowest BCUT2D eigenvalue weighted by Crippen LogP contribution is -2.51. The summed E-state index contributed by atoms with van der Waals surface area (Å²) in [7, 11) is 0. The van der Waals surface area contributed by atoms with Crippen molar-refractivity contribution in [2.45, 2.75) is 108 Å². The number of thiocarbonyl (C=S) groups is 1. The summed E-state index contributed by atoms with van der Waals surface area (Å²) in [5.41, 5.74) is 1.76. The number of nitrogens with one attached hydrogen (secondary N) is 6. The minimum Gasteiger partial charge on any atom is -0.508 e.